The normalized spacial score (nSPS) is 11.1. The number of hydrogen-bond acceptors (Lipinski definition) is 4. The monoisotopic (exact) mass is 427 g/mol. The lowest BCUT2D eigenvalue weighted by molar-refractivity contribution is 0.0948. The van der Waals surface area contributed by atoms with Crippen LogP contribution in [0.2, 0.25) is 0 Å². The Morgan fingerprint density at radius 3 is 2.74 bits per heavy atom. The molecule has 0 fully saturated rings. The number of fused-ring (bicyclic) bond motifs is 1. The fourth-order valence-corrected chi connectivity index (χ4v) is 4.40. The van der Waals surface area contributed by atoms with E-state index in [2.05, 4.69) is 32.5 Å². The van der Waals surface area contributed by atoms with E-state index in [1.807, 2.05) is 67.0 Å². The predicted octanol–water partition coefficient (Wildman–Crippen LogP) is 4.76. The van der Waals surface area contributed by atoms with Crippen LogP contribution in [0.15, 0.2) is 72.2 Å². The van der Waals surface area contributed by atoms with Crippen LogP contribution >= 0.6 is 11.3 Å². The van der Waals surface area contributed by atoms with Crippen molar-refractivity contribution in [3.05, 3.63) is 89.2 Å². The lowest BCUT2D eigenvalue weighted by Crippen LogP contribution is -2.26. The number of hydrogen-bond donors (Lipinski definition) is 2. The van der Waals surface area contributed by atoms with Gasteiger partial charge in [-0.15, -0.1) is 11.3 Å². The number of nitrogens with one attached hydrogen (secondary N) is 2. The van der Waals surface area contributed by atoms with Crippen LogP contribution in [0.1, 0.15) is 21.7 Å². The molecule has 0 unspecified atom stereocenters. The molecule has 0 saturated heterocycles. The summed E-state index contributed by atoms with van der Waals surface area (Å²) < 4.78 is 1.75. The van der Waals surface area contributed by atoms with E-state index in [9.17, 15) is 4.79 Å². The van der Waals surface area contributed by atoms with Gasteiger partial charge in [0, 0.05) is 34.6 Å². The van der Waals surface area contributed by atoms with Gasteiger partial charge in [0.15, 0.2) is 5.69 Å². The Hall–Kier alpha value is -3.71. The number of aromatic amines is 1. The number of benzene rings is 2. The molecule has 2 N–H and O–H groups in total. The van der Waals surface area contributed by atoms with Crippen LogP contribution in [-0.2, 0) is 6.42 Å². The van der Waals surface area contributed by atoms with E-state index >= 15 is 0 Å². The lowest BCUT2D eigenvalue weighted by Gasteiger charge is -2.03. The minimum Gasteiger partial charge on any atom is -0.361 e. The van der Waals surface area contributed by atoms with E-state index in [0.29, 0.717) is 12.2 Å². The van der Waals surface area contributed by atoms with E-state index in [4.69, 9.17) is 0 Å². The van der Waals surface area contributed by atoms with Crippen molar-refractivity contribution < 1.29 is 4.79 Å². The highest BCUT2D eigenvalue weighted by atomic mass is 32.1. The minimum atomic E-state index is -0.191. The summed E-state index contributed by atoms with van der Waals surface area (Å²) in [7, 11) is 0. The van der Waals surface area contributed by atoms with Gasteiger partial charge in [-0.2, -0.15) is 5.10 Å². The number of aryl methyl sites for hydroxylation is 1. The summed E-state index contributed by atoms with van der Waals surface area (Å²) in [6.07, 6.45) is 2.75. The zero-order valence-electron chi connectivity index (χ0n) is 17.0. The first-order chi connectivity index (χ1) is 15.2. The number of amides is 1. The lowest BCUT2D eigenvalue weighted by atomic mass is 10.1. The first-order valence-corrected chi connectivity index (χ1v) is 11.0. The van der Waals surface area contributed by atoms with Crippen LogP contribution in [0.3, 0.4) is 0 Å². The molecule has 0 aliphatic rings. The Morgan fingerprint density at radius 1 is 1.13 bits per heavy atom. The Kier molecular flexibility index (Phi) is 5.09. The topological polar surface area (TPSA) is 75.6 Å². The summed E-state index contributed by atoms with van der Waals surface area (Å²) in [5.41, 5.74) is 5.43. The molecule has 1 amide bonds. The van der Waals surface area contributed by atoms with Crippen molar-refractivity contribution in [2.24, 2.45) is 0 Å². The summed E-state index contributed by atoms with van der Waals surface area (Å²) in [6, 6.07) is 19.9. The first-order valence-electron chi connectivity index (χ1n) is 10.1. The Balaban J connectivity index is 1.37. The van der Waals surface area contributed by atoms with E-state index < -0.39 is 0 Å². The first kappa shape index (κ1) is 19.3. The molecule has 7 heteroatoms. The molecule has 0 radical (unpaired) electrons. The maximum atomic E-state index is 12.9. The summed E-state index contributed by atoms with van der Waals surface area (Å²) in [5, 5.41) is 11.5. The zero-order chi connectivity index (χ0) is 21.2. The summed E-state index contributed by atoms with van der Waals surface area (Å²) in [6.45, 7) is 2.48. The Labute approximate surface area is 183 Å². The molecule has 0 aliphatic carbocycles. The van der Waals surface area contributed by atoms with Crippen LogP contribution in [0.4, 0.5) is 0 Å². The van der Waals surface area contributed by atoms with Crippen LogP contribution in [0.25, 0.3) is 27.3 Å². The molecular weight excluding hydrogens is 406 g/mol. The number of H-pyrrole nitrogens is 1. The SMILES string of the molecule is Cc1csc(-n2nc(C(=O)NCCc3c[nH]c4ccccc34)cc2-c2ccccc2)n1. The van der Waals surface area contributed by atoms with Gasteiger partial charge in [0.1, 0.15) is 0 Å². The molecule has 3 heterocycles. The van der Waals surface area contributed by atoms with Gasteiger partial charge in [0.05, 0.1) is 11.4 Å². The van der Waals surface area contributed by atoms with Gasteiger partial charge >= 0.3 is 0 Å². The smallest absolute Gasteiger partial charge is 0.271 e. The Morgan fingerprint density at radius 2 is 1.94 bits per heavy atom. The number of aromatic nitrogens is 4. The van der Waals surface area contributed by atoms with Gasteiger partial charge in [-0.05, 0) is 31.0 Å². The molecule has 2 aromatic carbocycles. The van der Waals surface area contributed by atoms with E-state index in [-0.39, 0.29) is 5.91 Å². The van der Waals surface area contributed by atoms with Crippen molar-refractivity contribution in [1.82, 2.24) is 25.1 Å². The molecule has 0 bridgehead atoms. The van der Waals surface area contributed by atoms with Gasteiger partial charge < -0.3 is 10.3 Å². The molecule has 0 saturated carbocycles. The molecule has 0 spiro atoms. The average Bonchev–Trinajstić information content (AvgIpc) is 3.52. The molecule has 0 aliphatic heterocycles. The average molecular weight is 428 g/mol. The van der Waals surface area contributed by atoms with E-state index in [1.54, 1.807) is 4.68 Å². The third-order valence-corrected chi connectivity index (χ3v) is 6.09. The highest BCUT2D eigenvalue weighted by Gasteiger charge is 2.18. The number of nitrogens with zero attached hydrogens (tertiary/aromatic N) is 3. The fraction of sp³-hybridized carbons (Fsp3) is 0.125. The van der Waals surface area contributed by atoms with Crippen LogP contribution in [0, 0.1) is 6.92 Å². The number of para-hydroxylation sites is 1. The van der Waals surface area contributed by atoms with Crippen molar-refractivity contribution in [2.45, 2.75) is 13.3 Å². The third kappa shape index (κ3) is 3.87. The molecule has 5 rings (SSSR count). The molecule has 0 atom stereocenters. The summed E-state index contributed by atoms with van der Waals surface area (Å²) in [4.78, 5) is 20.7. The standard InChI is InChI=1S/C24H21N5OS/c1-16-15-31-24(27-16)29-22(17-7-3-2-4-8-17)13-21(28-29)23(30)25-12-11-18-14-26-20-10-6-5-9-19(18)20/h2-10,13-15,26H,11-12H2,1H3,(H,25,30). The number of thiazole rings is 1. The van der Waals surface area contributed by atoms with Gasteiger partial charge in [-0.25, -0.2) is 9.67 Å². The highest BCUT2D eigenvalue weighted by molar-refractivity contribution is 7.12. The van der Waals surface area contributed by atoms with E-state index in [1.165, 1.54) is 22.3 Å². The molecule has 3 aromatic heterocycles. The second kappa shape index (κ2) is 8.20. The van der Waals surface area contributed by atoms with Crippen LogP contribution in [0.5, 0.6) is 0 Å². The summed E-state index contributed by atoms with van der Waals surface area (Å²) in [5.74, 6) is -0.191. The van der Waals surface area contributed by atoms with Gasteiger partial charge in [0.25, 0.3) is 5.91 Å². The maximum absolute atomic E-state index is 12.9. The van der Waals surface area contributed by atoms with Crippen molar-refractivity contribution in [3.63, 3.8) is 0 Å². The van der Waals surface area contributed by atoms with Crippen molar-refractivity contribution in [1.29, 1.82) is 0 Å². The second-order valence-electron chi connectivity index (χ2n) is 7.33. The number of carbonyl (C=O) groups is 1. The zero-order valence-corrected chi connectivity index (χ0v) is 17.8. The fourth-order valence-electron chi connectivity index (χ4n) is 3.63. The van der Waals surface area contributed by atoms with Gasteiger partial charge in [0.2, 0.25) is 5.13 Å². The minimum absolute atomic E-state index is 0.191. The van der Waals surface area contributed by atoms with E-state index in [0.717, 1.165) is 34.0 Å². The number of carbonyl (C=O) groups excluding carboxylic acids is 1. The largest absolute Gasteiger partial charge is 0.361 e. The molecular formula is C24H21N5OS. The van der Waals surface area contributed by atoms with Gasteiger partial charge in [-0.3, -0.25) is 4.79 Å². The number of rotatable bonds is 6. The van der Waals surface area contributed by atoms with Crippen LogP contribution < -0.4 is 5.32 Å². The highest BCUT2D eigenvalue weighted by Crippen LogP contribution is 2.26. The summed E-state index contributed by atoms with van der Waals surface area (Å²) >= 11 is 1.51. The van der Waals surface area contributed by atoms with Crippen molar-refractivity contribution in [2.75, 3.05) is 6.54 Å². The third-order valence-electron chi connectivity index (χ3n) is 5.15. The van der Waals surface area contributed by atoms with Gasteiger partial charge in [-0.1, -0.05) is 48.5 Å². The predicted molar refractivity (Wildman–Crippen MR) is 124 cm³/mol. The second-order valence-corrected chi connectivity index (χ2v) is 8.17. The molecule has 5 aromatic rings. The molecule has 31 heavy (non-hydrogen) atoms. The quantitative estimate of drug-likeness (QED) is 0.410. The van der Waals surface area contributed by atoms with Crippen molar-refractivity contribution in [3.8, 4) is 16.4 Å². The Bertz CT molecular complexity index is 1350. The van der Waals surface area contributed by atoms with Crippen LogP contribution in [-0.4, -0.2) is 32.2 Å². The van der Waals surface area contributed by atoms with Crippen molar-refractivity contribution >= 4 is 28.1 Å². The molecule has 6 nitrogen and oxygen atoms in total. The molecule has 154 valence electrons. The maximum Gasteiger partial charge on any atom is 0.271 e.